The summed E-state index contributed by atoms with van der Waals surface area (Å²) in [7, 11) is 0.583. The van der Waals surface area contributed by atoms with Crippen LogP contribution in [0.5, 0.6) is 0 Å². The summed E-state index contributed by atoms with van der Waals surface area (Å²) in [6.45, 7) is 6.81. The summed E-state index contributed by atoms with van der Waals surface area (Å²) in [4.78, 5) is 0. The molecule has 0 aliphatic rings. The molecule has 0 rings (SSSR count). The minimum absolute atomic E-state index is 0. The van der Waals surface area contributed by atoms with E-state index in [0.717, 1.165) is 0 Å². The third kappa shape index (κ3) is 8.95. The van der Waals surface area contributed by atoms with E-state index in [-0.39, 0.29) is 51.4 Å². The minimum atomic E-state index is 0. The molecule has 0 saturated heterocycles. The Hall–Kier alpha value is 2.07. The van der Waals surface area contributed by atoms with Gasteiger partial charge in [0.2, 0.25) is 0 Å². The Morgan fingerprint density at radius 2 is 1.25 bits per heavy atom. The first kappa shape index (κ1) is 9.42. The molecule has 0 saturated carbocycles. The third-order valence-electron chi connectivity index (χ3n) is 0. The van der Waals surface area contributed by atoms with Crippen molar-refractivity contribution in [3.63, 3.8) is 0 Å². The van der Waals surface area contributed by atoms with Crippen molar-refractivity contribution in [2.75, 3.05) is 0 Å². The van der Waals surface area contributed by atoms with Gasteiger partial charge in [0.15, 0.2) is 0 Å². The Morgan fingerprint density at radius 3 is 1.25 bits per heavy atom. The molecule has 0 aliphatic heterocycles. The van der Waals surface area contributed by atoms with Crippen LogP contribution in [0.1, 0.15) is 0 Å². The predicted molar refractivity (Wildman–Crippen MR) is 19.0 cm³/mol. The Kier molecular flexibility index (Phi) is 21.0. The van der Waals surface area contributed by atoms with Crippen molar-refractivity contribution in [1.29, 1.82) is 0 Å². The molecule has 2 heteroatoms. The molecule has 0 nitrogen and oxygen atoms in total. The minimum Gasteiger partial charge on any atom is -0.454 e. The zero-order valence-corrected chi connectivity index (χ0v) is 7.04. The van der Waals surface area contributed by atoms with Crippen LogP contribution in [0.4, 0.5) is 0 Å². The van der Waals surface area contributed by atoms with Crippen LogP contribution in [0.25, 0.3) is 0 Å². The van der Waals surface area contributed by atoms with Crippen LogP contribution in [-0.4, -0.2) is 0 Å². The Labute approximate surface area is 71.9 Å². The van der Waals surface area contributed by atoms with Crippen molar-refractivity contribution in [2.45, 2.75) is 0 Å². The van der Waals surface area contributed by atoms with Crippen LogP contribution >= 0.6 is 8.58 Å². The SMILES string of the molecule is [CH2-]P[CH2-].[K+]. The number of hydrogen-bond donors (Lipinski definition) is 0. The van der Waals surface area contributed by atoms with Gasteiger partial charge in [0, 0.05) is 0 Å². The Bertz CT molecular complexity index is 6.00. The molecule has 0 amide bonds. The fourth-order valence-electron chi connectivity index (χ4n) is 0. The molecular formula is C2H5KP-. The Balaban J connectivity index is 0. The van der Waals surface area contributed by atoms with Crippen molar-refractivity contribution < 1.29 is 51.4 Å². The summed E-state index contributed by atoms with van der Waals surface area (Å²) in [6, 6.07) is 0. The van der Waals surface area contributed by atoms with Crippen LogP contribution in [0, 0.1) is 13.3 Å². The van der Waals surface area contributed by atoms with E-state index < -0.39 is 0 Å². The van der Waals surface area contributed by atoms with E-state index in [1.165, 1.54) is 0 Å². The molecule has 0 aromatic carbocycles. The van der Waals surface area contributed by atoms with Gasteiger partial charge in [-0.2, -0.15) is 0 Å². The van der Waals surface area contributed by atoms with Gasteiger partial charge in [-0.05, 0) is 0 Å². The van der Waals surface area contributed by atoms with Gasteiger partial charge < -0.3 is 21.9 Å². The molecule has 0 N–H and O–H groups in total. The van der Waals surface area contributed by atoms with E-state index in [1.54, 1.807) is 0 Å². The van der Waals surface area contributed by atoms with E-state index >= 15 is 0 Å². The zero-order valence-electron chi connectivity index (χ0n) is 2.91. The molecule has 0 aromatic heterocycles. The molecule has 0 bridgehead atoms. The van der Waals surface area contributed by atoms with Crippen LogP contribution in [-0.2, 0) is 0 Å². The zero-order chi connectivity index (χ0) is 2.71. The molecule has 0 aromatic rings. The molecule has 0 atom stereocenters. The van der Waals surface area contributed by atoms with E-state index in [0.29, 0.717) is 8.58 Å². The number of rotatable bonds is 0. The summed E-state index contributed by atoms with van der Waals surface area (Å²) in [5.41, 5.74) is 0. The van der Waals surface area contributed by atoms with Crippen LogP contribution in [0.2, 0.25) is 0 Å². The molecule has 0 heterocycles. The molecule has 4 heavy (non-hydrogen) atoms. The molecule has 0 aliphatic carbocycles. The quantitative estimate of drug-likeness (QED) is 0.192. The van der Waals surface area contributed by atoms with Gasteiger partial charge in [0.25, 0.3) is 0 Å². The van der Waals surface area contributed by atoms with E-state index in [4.69, 9.17) is 0 Å². The largest absolute Gasteiger partial charge is 1.00 e. The van der Waals surface area contributed by atoms with Gasteiger partial charge in [-0.25, -0.2) is 0 Å². The second-order valence-corrected chi connectivity index (χ2v) is 0.750. The topological polar surface area (TPSA) is 0 Å². The monoisotopic (exact) mass is 99.0 g/mol. The maximum atomic E-state index is 3.40. The van der Waals surface area contributed by atoms with Crippen molar-refractivity contribution in [2.24, 2.45) is 0 Å². The third-order valence-corrected chi connectivity index (χ3v) is 0. The van der Waals surface area contributed by atoms with Crippen LogP contribution in [0.3, 0.4) is 0 Å². The first-order chi connectivity index (χ1) is 1.41. The maximum Gasteiger partial charge on any atom is 1.00 e. The summed E-state index contributed by atoms with van der Waals surface area (Å²) in [6.07, 6.45) is 0. The first-order valence-electron chi connectivity index (χ1n) is 0.707. The second-order valence-electron chi connectivity index (χ2n) is 0.250. The van der Waals surface area contributed by atoms with E-state index in [1.807, 2.05) is 0 Å². The van der Waals surface area contributed by atoms with Gasteiger partial charge in [0.1, 0.15) is 0 Å². The smallest absolute Gasteiger partial charge is 0.454 e. The van der Waals surface area contributed by atoms with Crippen molar-refractivity contribution >= 4 is 8.58 Å². The first-order valence-corrected chi connectivity index (χ1v) is 2.12. The van der Waals surface area contributed by atoms with Crippen LogP contribution in [0.15, 0.2) is 0 Å². The van der Waals surface area contributed by atoms with Crippen molar-refractivity contribution in [1.82, 2.24) is 0 Å². The fourth-order valence-corrected chi connectivity index (χ4v) is 0. The average Bonchev–Trinajstić information content (AvgIpc) is 0.918. The molecule has 0 spiro atoms. The van der Waals surface area contributed by atoms with Gasteiger partial charge in [0.05, 0.1) is 0 Å². The molecule has 0 unspecified atom stereocenters. The fraction of sp³-hybridized carbons (Fsp3) is 0. The molecule has 0 fully saturated rings. The van der Waals surface area contributed by atoms with Crippen LogP contribution < -0.4 is 51.4 Å². The molecule has 0 radical (unpaired) electrons. The van der Waals surface area contributed by atoms with Crippen molar-refractivity contribution in [3.05, 3.63) is 13.3 Å². The summed E-state index contributed by atoms with van der Waals surface area (Å²) < 4.78 is 0. The maximum absolute atomic E-state index is 3.40. The Morgan fingerprint density at radius 1 is 1.25 bits per heavy atom. The summed E-state index contributed by atoms with van der Waals surface area (Å²) in [5, 5.41) is 0. The number of hydrogen-bond acceptors (Lipinski definition) is 0. The standard InChI is InChI=1S/C2H5P.K/c1-3-2;/h3H,1-2H2;/q-2;+1. The van der Waals surface area contributed by atoms with Gasteiger partial charge in [-0.15, -0.1) is 0 Å². The molecular weight excluding hydrogens is 94.1 g/mol. The van der Waals surface area contributed by atoms with Crippen molar-refractivity contribution in [3.8, 4) is 0 Å². The molecule has 20 valence electrons. The summed E-state index contributed by atoms with van der Waals surface area (Å²) in [5.74, 6) is 0. The van der Waals surface area contributed by atoms with Gasteiger partial charge in [-0.1, -0.05) is 0 Å². The normalized spacial score (nSPS) is 4.50. The van der Waals surface area contributed by atoms with E-state index in [9.17, 15) is 0 Å². The predicted octanol–water partition coefficient (Wildman–Crippen LogP) is -1.75. The average molecular weight is 99.1 g/mol. The summed E-state index contributed by atoms with van der Waals surface area (Å²) >= 11 is 0. The van der Waals surface area contributed by atoms with Gasteiger partial charge in [-0.3, -0.25) is 0 Å². The van der Waals surface area contributed by atoms with E-state index in [2.05, 4.69) is 13.3 Å². The second kappa shape index (κ2) is 8.91. The van der Waals surface area contributed by atoms with Gasteiger partial charge >= 0.3 is 51.4 Å².